The molecule has 2 nitrogen and oxygen atoms in total. The molecule has 2 aliphatic rings. The molecule has 0 amide bonds. The van der Waals surface area contributed by atoms with E-state index in [-0.39, 0.29) is 5.60 Å². The number of ether oxygens (including phenoxy) is 1. The lowest BCUT2D eigenvalue weighted by atomic mass is 9.89. The van der Waals surface area contributed by atoms with E-state index in [1.807, 2.05) is 0 Å². The Hall–Kier alpha value is -0.0800. The molecule has 1 saturated heterocycles. The van der Waals surface area contributed by atoms with E-state index in [0.29, 0.717) is 12.1 Å². The molecule has 0 aromatic carbocycles. The van der Waals surface area contributed by atoms with Gasteiger partial charge in [-0.25, -0.2) is 0 Å². The van der Waals surface area contributed by atoms with Crippen molar-refractivity contribution in [2.75, 3.05) is 6.61 Å². The van der Waals surface area contributed by atoms with E-state index in [2.05, 4.69) is 26.1 Å². The Bertz CT molecular complexity index is 243. The number of hydrogen-bond acceptors (Lipinski definition) is 2. The molecular formula is C16H31NO. The van der Waals surface area contributed by atoms with E-state index >= 15 is 0 Å². The van der Waals surface area contributed by atoms with Gasteiger partial charge in [0.05, 0.1) is 5.60 Å². The second-order valence-electron chi connectivity index (χ2n) is 7.00. The van der Waals surface area contributed by atoms with E-state index in [9.17, 15) is 0 Å². The Morgan fingerprint density at radius 1 is 1.06 bits per heavy atom. The Labute approximate surface area is 113 Å². The van der Waals surface area contributed by atoms with Crippen LogP contribution in [-0.2, 0) is 4.74 Å². The van der Waals surface area contributed by atoms with Gasteiger partial charge in [-0.2, -0.15) is 0 Å². The summed E-state index contributed by atoms with van der Waals surface area (Å²) >= 11 is 0. The van der Waals surface area contributed by atoms with Gasteiger partial charge in [0.1, 0.15) is 0 Å². The number of nitrogens with one attached hydrogen (secondary N) is 1. The smallest absolute Gasteiger partial charge is 0.0641 e. The molecule has 18 heavy (non-hydrogen) atoms. The molecule has 0 spiro atoms. The maximum absolute atomic E-state index is 5.80. The molecule has 1 aliphatic heterocycles. The predicted octanol–water partition coefficient (Wildman–Crippen LogP) is 3.89. The first kappa shape index (κ1) is 14.3. The molecule has 1 heterocycles. The highest BCUT2D eigenvalue weighted by Crippen LogP contribution is 2.28. The summed E-state index contributed by atoms with van der Waals surface area (Å²) in [5, 5.41) is 3.89. The summed E-state index contributed by atoms with van der Waals surface area (Å²) in [4.78, 5) is 0. The van der Waals surface area contributed by atoms with Crippen molar-refractivity contribution in [3.05, 3.63) is 0 Å². The SMILES string of the molecule is C[C@@H](NC1CCOC(C)(C)C1)C1CCCCCC1. The lowest BCUT2D eigenvalue weighted by Gasteiger charge is -2.38. The summed E-state index contributed by atoms with van der Waals surface area (Å²) in [6.45, 7) is 7.76. The van der Waals surface area contributed by atoms with Gasteiger partial charge in [-0.05, 0) is 52.4 Å². The Balaban J connectivity index is 1.80. The topological polar surface area (TPSA) is 21.3 Å². The molecule has 1 unspecified atom stereocenters. The molecule has 0 aromatic rings. The Morgan fingerprint density at radius 2 is 1.72 bits per heavy atom. The summed E-state index contributed by atoms with van der Waals surface area (Å²) in [5.74, 6) is 0.901. The predicted molar refractivity (Wildman–Crippen MR) is 76.8 cm³/mol. The molecule has 1 saturated carbocycles. The zero-order valence-electron chi connectivity index (χ0n) is 12.5. The third kappa shape index (κ3) is 4.24. The van der Waals surface area contributed by atoms with Crippen molar-refractivity contribution in [2.45, 2.75) is 89.8 Å². The monoisotopic (exact) mass is 253 g/mol. The van der Waals surface area contributed by atoms with Crippen molar-refractivity contribution in [1.82, 2.24) is 5.32 Å². The molecule has 0 radical (unpaired) electrons. The van der Waals surface area contributed by atoms with Crippen LogP contribution in [0, 0.1) is 5.92 Å². The van der Waals surface area contributed by atoms with Crippen LogP contribution in [0.4, 0.5) is 0 Å². The zero-order valence-corrected chi connectivity index (χ0v) is 12.5. The van der Waals surface area contributed by atoms with Gasteiger partial charge in [0, 0.05) is 18.7 Å². The summed E-state index contributed by atoms with van der Waals surface area (Å²) in [6, 6.07) is 1.34. The Kier molecular flexibility index (Phi) is 5.08. The van der Waals surface area contributed by atoms with Gasteiger partial charge in [0.2, 0.25) is 0 Å². The second kappa shape index (κ2) is 6.38. The molecule has 0 aromatic heterocycles. The summed E-state index contributed by atoms with van der Waals surface area (Å²) < 4.78 is 5.80. The lowest BCUT2D eigenvalue weighted by Crippen LogP contribution is -2.48. The molecule has 2 fully saturated rings. The first-order chi connectivity index (χ1) is 8.57. The first-order valence-corrected chi connectivity index (χ1v) is 7.97. The average Bonchev–Trinajstić information content (AvgIpc) is 2.55. The van der Waals surface area contributed by atoms with E-state index in [4.69, 9.17) is 4.74 Å². The van der Waals surface area contributed by atoms with Crippen molar-refractivity contribution in [3.8, 4) is 0 Å². The quantitative estimate of drug-likeness (QED) is 0.770. The third-order valence-electron chi connectivity index (χ3n) is 4.80. The van der Waals surface area contributed by atoms with Gasteiger partial charge in [0.25, 0.3) is 0 Å². The fourth-order valence-electron chi connectivity index (χ4n) is 3.69. The molecule has 2 rings (SSSR count). The molecule has 2 heteroatoms. The highest BCUT2D eigenvalue weighted by molar-refractivity contribution is 4.86. The number of hydrogen-bond donors (Lipinski definition) is 1. The molecule has 2 atom stereocenters. The van der Waals surface area contributed by atoms with Crippen LogP contribution in [0.2, 0.25) is 0 Å². The van der Waals surface area contributed by atoms with Gasteiger partial charge in [0.15, 0.2) is 0 Å². The van der Waals surface area contributed by atoms with Crippen LogP contribution >= 0.6 is 0 Å². The molecule has 0 bridgehead atoms. The third-order valence-corrected chi connectivity index (χ3v) is 4.80. The average molecular weight is 253 g/mol. The van der Waals surface area contributed by atoms with Crippen molar-refractivity contribution in [1.29, 1.82) is 0 Å². The van der Waals surface area contributed by atoms with Crippen LogP contribution in [0.5, 0.6) is 0 Å². The maximum atomic E-state index is 5.80. The van der Waals surface area contributed by atoms with Crippen LogP contribution in [0.15, 0.2) is 0 Å². The van der Waals surface area contributed by atoms with E-state index in [0.717, 1.165) is 18.9 Å². The van der Waals surface area contributed by atoms with Crippen LogP contribution in [0.25, 0.3) is 0 Å². The van der Waals surface area contributed by atoms with Crippen LogP contribution in [0.3, 0.4) is 0 Å². The standard InChI is InChI=1S/C16H31NO/c1-13(14-8-6-4-5-7-9-14)17-15-10-11-18-16(2,3)12-15/h13-15,17H,4-12H2,1-3H3/t13-,15?/m1/s1. The van der Waals surface area contributed by atoms with Gasteiger partial charge in [-0.1, -0.05) is 25.7 Å². The summed E-state index contributed by atoms with van der Waals surface area (Å²) in [7, 11) is 0. The van der Waals surface area contributed by atoms with Gasteiger partial charge < -0.3 is 10.1 Å². The highest BCUT2D eigenvalue weighted by atomic mass is 16.5. The van der Waals surface area contributed by atoms with E-state index < -0.39 is 0 Å². The molecule has 1 N–H and O–H groups in total. The minimum absolute atomic E-state index is 0.0685. The first-order valence-electron chi connectivity index (χ1n) is 7.97. The highest BCUT2D eigenvalue weighted by Gasteiger charge is 2.30. The maximum Gasteiger partial charge on any atom is 0.0641 e. The fraction of sp³-hybridized carbons (Fsp3) is 1.00. The van der Waals surface area contributed by atoms with Crippen molar-refractivity contribution < 1.29 is 4.74 Å². The van der Waals surface area contributed by atoms with Gasteiger partial charge >= 0.3 is 0 Å². The minimum Gasteiger partial charge on any atom is -0.375 e. The summed E-state index contributed by atoms with van der Waals surface area (Å²) in [6.07, 6.45) is 11.0. The van der Waals surface area contributed by atoms with Crippen LogP contribution in [-0.4, -0.2) is 24.3 Å². The van der Waals surface area contributed by atoms with Crippen molar-refractivity contribution in [2.24, 2.45) is 5.92 Å². The summed E-state index contributed by atoms with van der Waals surface area (Å²) in [5.41, 5.74) is 0.0685. The van der Waals surface area contributed by atoms with Crippen LogP contribution < -0.4 is 5.32 Å². The molecule has 106 valence electrons. The van der Waals surface area contributed by atoms with Gasteiger partial charge in [-0.3, -0.25) is 0 Å². The van der Waals surface area contributed by atoms with E-state index in [1.54, 1.807) is 0 Å². The van der Waals surface area contributed by atoms with E-state index in [1.165, 1.54) is 44.9 Å². The van der Waals surface area contributed by atoms with Crippen molar-refractivity contribution in [3.63, 3.8) is 0 Å². The van der Waals surface area contributed by atoms with Gasteiger partial charge in [-0.15, -0.1) is 0 Å². The Morgan fingerprint density at radius 3 is 2.33 bits per heavy atom. The normalized spacial score (nSPS) is 31.8. The zero-order chi connectivity index (χ0) is 13.0. The van der Waals surface area contributed by atoms with Crippen molar-refractivity contribution >= 4 is 0 Å². The largest absolute Gasteiger partial charge is 0.375 e. The minimum atomic E-state index is 0.0685. The molecular weight excluding hydrogens is 222 g/mol. The lowest BCUT2D eigenvalue weighted by molar-refractivity contribution is -0.0647. The fourth-order valence-corrected chi connectivity index (χ4v) is 3.69. The van der Waals surface area contributed by atoms with Crippen LogP contribution in [0.1, 0.15) is 72.1 Å². The molecule has 1 aliphatic carbocycles. The second-order valence-corrected chi connectivity index (χ2v) is 7.00. The number of rotatable bonds is 3.